The first-order valence-electron chi connectivity index (χ1n) is 6.74. The number of amides is 1. The molecule has 1 aromatic carbocycles. The van der Waals surface area contributed by atoms with Crippen LogP contribution < -0.4 is 16.4 Å². The normalized spacial score (nSPS) is 29.2. The summed E-state index contributed by atoms with van der Waals surface area (Å²) in [7, 11) is 0. The van der Waals surface area contributed by atoms with E-state index in [-0.39, 0.29) is 5.91 Å². The van der Waals surface area contributed by atoms with Crippen LogP contribution in [0.4, 0.5) is 5.69 Å². The van der Waals surface area contributed by atoms with Gasteiger partial charge < -0.3 is 16.4 Å². The molecule has 0 saturated carbocycles. The molecule has 1 aromatic rings. The number of halogens is 1. The topological polar surface area (TPSA) is 67.2 Å². The summed E-state index contributed by atoms with van der Waals surface area (Å²) >= 11 is 3.37. The van der Waals surface area contributed by atoms with Gasteiger partial charge in [-0.2, -0.15) is 0 Å². The first-order chi connectivity index (χ1) is 9.11. The molecule has 0 aromatic heterocycles. The average molecular weight is 324 g/mol. The number of nitrogens with two attached hydrogens (primary N) is 1. The van der Waals surface area contributed by atoms with Gasteiger partial charge in [-0.3, -0.25) is 4.79 Å². The first-order valence-corrected chi connectivity index (χ1v) is 7.53. The molecule has 2 bridgehead atoms. The van der Waals surface area contributed by atoms with Gasteiger partial charge >= 0.3 is 0 Å². The van der Waals surface area contributed by atoms with Crippen molar-refractivity contribution in [2.45, 2.75) is 43.8 Å². The van der Waals surface area contributed by atoms with Crippen LogP contribution in [0.25, 0.3) is 0 Å². The number of fused-ring (bicyclic) bond motifs is 2. The molecule has 5 heteroatoms. The number of rotatable bonds is 3. The van der Waals surface area contributed by atoms with E-state index in [1.165, 1.54) is 12.8 Å². The van der Waals surface area contributed by atoms with Gasteiger partial charge in [0.05, 0.1) is 5.56 Å². The summed E-state index contributed by atoms with van der Waals surface area (Å²) < 4.78 is 0.872. The van der Waals surface area contributed by atoms with Gasteiger partial charge in [0, 0.05) is 28.3 Å². The number of carbonyl (C=O) groups excluding carboxylic acids is 1. The summed E-state index contributed by atoms with van der Waals surface area (Å²) in [6, 6.07) is 7.32. The van der Waals surface area contributed by atoms with Crippen LogP contribution in [0.2, 0.25) is 0 Å². The van der Waals surface area contributed by atoms with Crippen molar-refractivity contribution < 1.29 is 4.79 Å². The zero-order valence-corrected chi connectivity index (χ0v) is 12.2. The average Bonchev–Trinajstić information content (AvgIpc) is 2.71. The van der Waals surface area contributed by atoms with Crippen LogP contribution in [-0.2, 0) is 0 Å². The van der Waals surface area contributed by atoms with Crippen molar-refractivity contribution in [1.29, 1.82) is 0 Å². The van der Waals surface area contributed by atoms with Gasteiger partial charge in [-0.25, -0.2) is 0 Å². The van der Waals surface area contributed by atoms with Crippen molar-refractivity contribution >= 4 is 27.5 Å². The predicted molar refractivity (Wildman–Crippen MR) is 79.3 cm³/mol. The summed E-state index contributed by atoms with van der Waals surface area (Å²) in [6.07, 6.45) is 4.77. The lowest BCUT2D eigenvalue weighted by atomic mass is 9.99. The minimum atomic E-state index is -0.388. The highest BCUT2D eigenvalue weighted by atomic mass is 79.9. The predicted octanol–water partition coefficient (Wildman–Crippen LogP) is 2.24. The number of hydrogen-bond acceptors (Lipinski definition) is 3. The van der Waals surface area contributed by atoms with Crippen molar-refractivity contribution in [3.8, 4) is 0 Å². The van der Waals surface area contributed by atoms with E-state index in [1.54, 1.807) is 6.07 Å². The molecule has 3 rings (SSSR count). The molecule has 102 valence electrons. The quantitative estimate of drug-likeness (QED) is 0.799. The van der Waals surface area contributed by atoms with Crippen LogP contribution in [0.15, 0.2) is 22.7 Å². The largest absolute Gasteiger partial charge is 0.382 e. The third-order valence-corrected chi connectivity index (χ3v) is 4.57. The van der Waals surface area contributed by atoms with Crippen LogP contribution >= 0.6 is 15.9 Å². The Hall–Kier alpha value is -1.07. The lowest BCUT2D eigenvalue weighted by molar-refractivity contribution is 0.100. The Bertz CT molecular complexity index is 493. The van der Waals surface area contributed by atoms with E-state index in [4.69, 9.17) is 5.73 Å². The minimum Gasteiger partial charge on any atom is -0.382 e. The van der Waals surface area contributed by atoms with Crippen molar-refractivity contribution in [1.82, 2.24) is 5.32 Å². The van der Waals surface area contributed by atoms with Crippen molar-refractivity contribution in [2.75, 3.05) is 5.32 Å². The van der Waals surface area contributed by atoms with Gasteiger partial charge in [0.15, 0.2) is 0 Å². The fraction of sp³-hybridized carbons (Fsp3) is 0.500. The summed E-state index contributed by atoms with van der Waals surface area (Å²) in [5.74, 6) is -0.388. The van der Waals surface area contributed by atoms with E-state index in [0.717, 1.165) is 23.0 Å². The van der Waals surface area contributed by atoms with E-state index in [0.29, 0.717) is 23.7 Å². The van der Waals surface area contributed by atoms with Crippen molar-refractivity contribution in [3.05, 3.63) is 28.2 Å². The van der Waals surface area contributed by atoms with Crippen LogP contribution in [0.5, 0.6) is 0 Å². The van der Waals surface area contributed by atoms with E-state index in [2.05, 4.69) is 26.6 Å². The number of primary amides is 1. The SMILES string of the molecule is NC(=O)c1cc(Br)ccc1NC1CC2CCC(C1)N2. The molecule has 0 spiro atoms. The number of nitrogens with one attached hydrogen (secondary N) is 2. The lowest BCUT2D eigenvalue weighted by Crippen LogP contribution is -2.43. The van der Waals surface area contributed by atoms with Gasteiger partial charge in [0.25, 0.3) is 5.91 Å². The second-order valence-electron chi connectivity index (χ2n) is 5.50. The highest BCUT2D eigenvalue weighted by Crippen LogP contribution is 2.30. The molecular formula is C14H18BrN3O. The molecule has 19 heavy (non-hydrogen) atoms. The maximum Gasteiger partial charge on any atom is 0.250 e. The second-order valence-corrected chi connectivity index (χ2v) is 6.42. The van der Waals surface area contributed by atoms with E-state index in [1.807, 2.05) is 12.1 Å². The van der Waals surface area contributed by atoms with Crippen molar-refractivity contribution in [2.24, 2.45) is 5.73 Å². The molecule has 2 saturated heterocycles. The molecule has 2 aliphatic rings. The number of benzene rings is 1. The first kappa shape index (κ1) is 12.9. The zero-order chi connectivity index (χ0) is 13.4. The number of piperidine rings is 1. The highest BCUT2D eigenvalue weighted by Gasteiger charge is 2.33. The zero-order valence-electron chi connectivity index (χ0n) is 10.7. The summed E-state index contributed by atoms with van der Waals surface area (Å²) in [6.45, 7) is 0. The molecule has 0 radical (unpaired) electrons. The van der Waals surface area contributed by atoms with Gasteiger partial charge in [0.2, 0.25) is 0 Å². The second kappa shape index (κ2) is 5.13. The van der Waals surface area contributed by atoms with Crippen LogP contribution in [0.3, 0.4) is 0 Å². The molecular weight excluding hydrogens is 306 g/mol. The summed E-state index contributed by atoms with van der Waals surface area (Å²) in [5, 5.41) is 7.11. The van der Waals surface area contributed by atoms with Crippen LogP contribution in [0, 0.1) is 0 Å². The van der Waals surface area contributed by atoms with Crippen LogP contribution in [0.1, 0.15) is 36.0 Å². The molecule has 2 fully saturated rings. The summed E-state index contributed by atoms with van der Waals surface area (Å²) in [4.78, 5) is 11.5. The smallest absolute Gasteiger partial charge is 0.250 e. The molecule has 1 amide bonds. The number of carbonyl (C=O) groups is 1. The minimum absolute atomic E-state index is 0.388. The Labute approximate surface area is 121 Å². The maximum absolute atomic E-state index is 11.5. The Morgan fingerprint density at radius 3 is 2.63 bits per heavy atom. The third-order valence-electron chi connectivity index (χ3n) is 4.08. The fourth-order valence-electron chi connectivity index (χ4n) is 3.24. The number of hydrogen-bond donors (Lipinski definition) is 3. The molecule has 0 aliphatic carbocycles. The molecule has 2 aliphatic heterocycles. The van der Waals surface area contributed by atoms with Gasteiger partial charge in [-0.1, -0.05) is 15.9 Å². The Morgan fingerprint density at radius 1 is 1.32 bits per heavy atom. The fourth-order valence-corrected chi connectivity index (χ4v) is 3.60. The van der Waals surface area contributed by atoms with Gasteiger partial charge in [-0.05, 0) is 43.9 Å². The van der Waals surface area contributed by atoms with Crippen LogP contribution in [-0.4, -0.2) is 24.0 Å². The van der Waals surface area contributed by atoms with Gasteiger partial charge in [0.1, 0.15) is 0 Å². The Kier molecular flexibility index (Phi) is 3.50. The highest BCUT2D eigenvalue weighted by molar-refractivity contribution is 9.10. The monoisotopic (exact) mass is 323 g/mol. The molecule has 4 N–H and O–H groups in total. The molecule has 4 nitrogen and oxygen atoms in total. The lowest BCUT2D eigenvalue weighted by Gasteiger charge is -2.30. The van der Waals surface area contributed by atoms with E-state index in [9.17, 15) is 4.79 Å². The third kappa shape index (κ3) is 2.77. The Balaban J connectivity index is 1.78. The van der Waals surface area contributed by atoms with E-state index < -0.39 is 0 Å². The maximum atomic E-state index is 11.5. The standard InChI is InChI=1S/C14H18BrN3O/c15-8-1-4-13(12(5-8)14(16)19)18-11-6-9-2-3-10(7-11)17-9/h1,4-5,9-11,17-18H,2-3,6-7H2,(H2,16,19). The summed E-state index contributed by atoms with van der Waals surface area (Å²) in [5.41, 5.74) is 6.85. The number of anilines is 1. The molecule has 2 unspecified atom stereocenters. The molecule has 2 heterocycles. The van der Waals surface area contributed by atoms with E-state index >= 15 is 0 Å². The molecule has 2 atom stereocenters. The Morgan fingerprint density at radius 2 is 2.00 bits per heavy atom. The van der Waals surface area contributed by atoms with Crippen molar-refractivity contribution in [3.63, 3.8) is 0 Å². The van der Waals surface area contributed by atoms with Gasteiger partial charge in [-0.15, -0.1) is 0 Å².